The smallest absolute Gasteiger partial charge is 0.267 e. The second kappa shape index (κ2) is 7.47. The number of primary amides is 1. The molecule has 7 nitrogen and oxygen atoms in total. The molecular formula is C16H13N5O2. The van der Waals surface area contributed by atoms with Crippen LogP contribution in [-0.4, -0.2) is 34.4 Å². The first kappa shape index (κ1) is 15.9. The largest absolute Gasteiger partial charge is 0.378 e. The number of hydrogen-bond donors (Lipinski definition) is 3. The third-order valence-electron chi connectivity index (χ3n) is 2.80. The summed E-state index contributed by atoms with van der Waals surface area (Å²) in [5.74, 6) is 5.14. The van der Waals surface area contributed by atoms with Crippen molar-refractivity contribution < 1.29 is 9.59 Å². The summed E-state index contributed by atoms with van der Waals surface area (Å²) in [5.41, 5.74) is 6.10. The average Bonchev–Trinajstić information content (AvgIpc) is 2.58. The fourth-order valence-electron chi connectivity index (χ4n) is 1.76. The lowest BCUT2D eigenvalue weighted by Crippen LogP contribution is -2.24. The Balaban J connectivity index is 2.38. The van der Waals surface area contributed by atoms with E-state index in [1.54, 1.807) is 36.7 Å². The van der Waals surface area contributed by atoms with E-state index in [1.165, 1.54) is 0 Å². The minimum absolute atomic E-state index is 0.0575. The third-order valence-corrected chi connectivity index (χ3v) is 2.80. The minimum atomic E-state index is -0.865. The van der Waals surface area contributed by atoms with Gasteiger partial charge < -0.3 is 15.8 Å². The summed E-state index contributed by atoms with van der Waals surface area (Å²) in [6, 6.07) is 6.56. The maximum Gasteiger partial charge on any atom is 0.267 e. The number of nitrogens with one attached hydrogen (secondary N) is 2. The highest BCUT2D eigenvalue weighted by Gasteiger charge is 2.13. The Labute approximate surface area is 132 Å². The van der Waals surface area contributed by atoms with Crippen LogP contribution in [0.25, 0.3) is 0 Å². The molecule has 0 saturated heterocycles. The van der Waals surface area contributed by atoms with E-state index in [9.17, 15) is 9.59 Å². The quantitative estimate of drug-likeness (QED) is 0.418. The van der Waals surface area contributed by atoms with Gasteiger partial charge in [-0.25, -0.2) is 9.97 Å². The van der Waals surface area contributed by atoms with E-state index in [0.717, 1.165) is 0 Å². The van der Waals surface area contributed by atoms with Crippen LogP contribution in [0.4, 0.5) is 5.69 Å². The van der Waals surface area contributed by atoms with Crippen LogP contribution in [0, 0.1) is 17.3 Å². The number of nitrogens with two attached hydrogens (primary N) is 1. The zero-order valence-corrected chi connectivity index (χ0v) is 12.0. The topological polar surface area (TPSA) is 122 Å². The first-order chi connectivity index (χ1) is 11.1. The molecule has 0 aliphatic rings. The van der Waals surface area contributed by atoms with Gasteiger partial charge in [-0.15, -0.1) is 0 Å². The number of rotatable bonds is 5. The van der Waals surface area contributed by atoms with E-state index >= 15 is 0 Å². The SMILES string of the molecule is N=C(C(N)=O)c1cc(C#Cc2ncccn2)ccc1NCC=O. The van der Waals surface area contributed by atoms with Crippen LogP contribution in [0.1, 0.15) is 17.0 Å². The molecule has 23 heavy (non-hydrogen) atoms. The van der Waals surface area contributed by atoms with Gasteiger partial charge in [0, 0.05) is 29.2 Å². The van der Waals surface area contributed by atoms with E-state index in [2.05, 4.69) is 27.1 Å². The maximum absolute atomic E-state index is 11.3. The van der Waals surface area contributed by atoms with E-state index in [0.29, 0.717) is 23.4 Å². The van der Waals surface area contributed by atoms with Crippen molar-refractivity contribution in [2.45, 2.75) is 0 Å². The monoisotopic (exact) mass is 307 g/mol. The van der Waals surface area contributed by atoms with Crippen molar-refractivity contribution in [3.05, 3.63) is 53.6 Å². The molecule has 4 N–H and O–H groups in total. The molecular weight excluding hydrogens is 294 g/mol. The van der Waals surface area contributed by atoms with Crippen LogP contribution in [0.2, 0.25) is 0 Å². The van der Waals surface area contributed by atoms with E-state index in [-0.39, 0.29) is 17.8 Å². The molecule has 1 amide bonds. The molecule has 2 rings (SSSR count). The fourth-order valence-corrected chi connectivity index (χ4v) is 1.76. The van der Waals surface area contributed by atoms with Gasteiger partial charge in [0.25, 0.3) is 5.91 Å². The van der Waals surface area contributed by atoms with Gasteiger partial charge in [-0.3, -0.25) is 10.2 Å². The maximum atomic E-state index is 11.3. The minimum Gasteiger partial charge on any atom is -0.378 e. The molecule has 0 radical (unpaired) electrons. The molecule has 1 aromatic carbocycles. The summed E-state index contributed by atoms with van der Waals surface area (Å²) < 4.78 is 0. The number of aromatic nitrogens is 2. The molecule has 1 heterocycles. The van der Waals surface area contributed by atoms with Gasteiger partial charge >= 0.3 is 0 Å². The van der Waals surface area contributed by atoms with Crippen molar-refractivity contribution in [1.82, 2.24) is 9.97 Å². The number of nitrogens with zero attached hydrogens (tertiary/aromatic N) is 2. The first-order valence-electron chi connectivity index (χ1n) is 6.61. The number of anilines is 1. The Morgan fingerprint density at radius 3 is 2.70 bits per heavy atom. The van der Waals surface area contributed by atoms with Crippen molar-refractivity contribution in [1.29, 1.82) is 5.41 Å². The molecule has 0 fully saturated rings. The first-order valence-corrected chi connectivity index (χ1v) is 6.61. The van der Waals surface area contributed by atoms with Gasteiger partial charge in [0.05, 0.1) is 6.54 Å². The molecule has 0 aliphatic carbocycles. The molecule has 1 aromatic heterocycles. The standard InChI is InChI=1S/C16H13N5O2/c17-15(16(18)23)12-10-11(2-4-13(12)19-8-9-22)3-5-14-20-6-1-7-21-14/h1-2,4,6-7,9-10,17,19H,8H2,(H2,18,23). The number of carbonyl (C=O) groups excluding carboxylic acids is 2. The zero-order valence-electron chi connectivity index (χ0n) is 12.0. The Hall–Kier alpha value is -3.53. The molecule has 114 valence electrons. The van der Waals surface area contributed by atoms with Gasteiger partial charge in [0.1, 0.15) is 12.0 Å². The van der Waals surface area contributed by atoms with Crippen molar-refractivity contribution in [2.24, 2.45) is 5.73 Å². The molecule has 0 spiro atoms. The summed E-state index contributed by atoms with van der Waals surface area (Å²) in [6.07, 6.45) is 3.84. The molecule has 0 atom stereocenters. The highest BCUT2D eigenvalue weighted by Crippen LogP contribution is 2.18. The second-order valence-electron chi connectivity index (χ2n) is 4.37. The molecule has 0 unspecified atom stereocenters. The zero-order chi connectivity index (χ0) is 16.7. The van der Waals surface area contributed by atoms with Crippen LogP contribution < -0.4 is 11.1 Å². The third kappa shape index (κ3) is 4.22. The fraction of sp³-hybridized carbons (Fsp3) is 0.0625. The Morgan fingerprint density at radius 1 is 1.30 bits per heavy atom. The van der Waals surface area contributed by atoms with Crippen LogP contribution in [0.15, 0.2) is 36.7 Å². The Morgan fingerprint density at radius 2 is 2.04 bits per heavy atom. The van der Waals surface area contributed by atoms with E-state index < -0.39 is 5.91 Å². The van der Waals surface area contributed by atoms with Gasteiger partial charge in [-0.1, -0.05) is 5.92 Å². The molecule has 0 aliphatic heterocycles. The van der Waals surface area contributed by atoms with E-state index in [1.807, 2.05) is 0 Å². The lowest BCUT2D eigenvalue weighted by Gasteiger charge is -2.10. The van der Waals surface area contributed by atoms with Crippen LogP contribution in [0.5, 0.6) is 0 Å². The van der Waals surface area contributed by atoms with Gasteiger partial charge in [-0.05, 0) is 30.2 Å². The summed E-state index contributed by atoms with van der Waals surface area (Å²) in [4.78, 5) is 29.7. The second-order valence-corrected chi connectivity index (χ2v) is 4.37. The summed E-state index contributed by atoms with van der Waals surface area (Å²) in [7, 11) is 0. The highest BCUT2D eigenvalue weighted by atomic mass is 16.1. The van der Waals surface area contributed by atoms with Gasteiger partial charge in [0.15, 0.2) is 0 Å². The van der Waals surface area contributed by atoms with Crippen LogP contribution in [0.3, 0.4) is 0 Å². The number of carbonyl (C=O) groups is 2. The van der Waals surface area contributed by atoms with Gasteiger partial charge in [0.2, 0.25) is 5.82 Å². The lowest BCUT2D eigenvalue weighted by atomic mass is 10.0. The predicted octanol–water partition coefficient (Wildman–Crippen LogP) is 0.340. The summed E-state index contributed by atoms with van der Waals surface area (Å²) >= 11 is 0. The molecule has 0 saturated carbocycles. The van der Waals surface area contributed by atoms with Crippen molar-refractivity contribution in [3.8, 4) is 11.8 Å². The van der Waals surface area contributed by atoms with Crippen molar-refractivity contribution >= 4 is 23.6 Å². The molecule has 0 bridgehead atoms. The molecule has 7 heteroatoms. The average molecular weight is 307 g/mol. The van der Waals surface area contributed by atoms with Crippen molar-refractivity contribution in [3.63, 3.8) is 0 Å². The van der Waals surface area contributed by atoms with Crippen LogP contribution >= 0.6 is 0 Å². The lowest BCUT2D eigenvalue weighted by molar-refractivity contribution is -0.112. The number of benzene rings is 1. The van der Waals surface area contributed by atoms with Crippen LogP contribution in [-0.2, 0) is 9.59 Å². The number of hydrogen-bond acceptors (Lipinski definition) is 6. The summed E-state index contributed by atoms with van der Waals surface area (Å²) in [5, 5.41) is 10.6. The molecule has 2 aromatic rings. The Kier molecular flexibility index (Phi) is 5.15. The van der Waals surface area contributed by atoms with Crippen molar-refractivity contribution in [2.75, 3.05) is 11.9 Å². The summed E-state index contributed by atoms with van der Waals surface area (Å²) in [6.45, 7) is 0.0575. The predicted molar refractivity (Wildman–Crippen MR) is 85.0 cm³/mol. The Bertz CT molecular complexity index is 806. The normalized spacial score (nSPS) is 9.39. The number of aldehydes is 1. The highest BCUT2D eigenvalue weighted by molar-refractivity contribution is 6.44. The number of amides is 1. The van der Waals surface area contributed by atoms with E-state index in [4.69, 9.17) is 11.1 Å². The van der Waals surface area contributed by atoms with Gasteiger partial charge in [-0.2, -0.15) is 0 Å².